The molecule has 3 saturated carbocycles. The van der Waals surface area contributed by atoms with Gasteiger partial charge >= 0.3 is 11.9 Å². The van der Waals surface area contributed by atoms with E-state index in [2.05, 4.69) is 0 Å². The van der Waals surface area contributed by atoms with Gasteiger partial charge in [-0.2, -0.15) is 0 Å². The molecule has 3 aliphatic rings. The Morgan fingerprint density at radius 1 is 0.667 bits per heavy atom. The van der Waals surface area contributed by atoms with Crippen LogP contribution in [0.25, 0.3) is 0 Å². The van der Waals surface area contributed by atoms with E-state index in [9.17, 15) is 14.4 Å². The lowest BCUT2D eigenvalue weighted by Crippen LogP contribution is -2.44. The molecule has 0 aromatic heterocycles. The summed E-state index contributed by atoms with van der Waals surface area (Å²) >= 11 is 0. The highest BCUT2D eigenvalue weighted by molar-refractivity contribution is 5.88. The highest BCUT2D eigenvalue weighted by Gasteiger charge is 2.38. The standard InChI is InChI=1S/C30H50O6/c1-29(2,36-28(33)24-18-12-7-13-19-24)20-25(35-27(32)23-16-10-6-11-17-23)21-34-30(3,4)26(31)22-14-8-5-9-15-22/h22-25H,5-21H2,1-4H3. The monoisotopic (exact) mass is 506 g/mol. The van der Waals surface area contributed by atoms with Gasteiger partial charge in [-0.1, -0.05) is 57.8 Å². The summed E-state index contributed by atoms with van der Waals surface area (Å²) in [6, 6.07) is 0. The molecule has 6 heteroatoms. The molecule has 0 heterocycles. The number of carbonyl (C=O) groups excluding carboxylic acids is 3. The first-order valence-corrected chi connectivity index (χ1v) is 14.7. The quantitative estimate of drug-likeness (QED) is 0.290. The molecule has 0 spiro atoms. The summed E-state index contributed by atoms with van der Waals surface area (Å²) in [6.45, 7) is 7.55. The third kappa shape index (κ3) is 8.85. The predicted molar refractivity (Wildman–Crippen MR) is 139 cm³/mol. The molecule has 0 aromatic rings. The Labute approximate surface area is 218 Å². The first-order chi connectivity index (χ1) is 17.1. The van der Waals surface area contributed by atoms with Crippen LogP contribution >= 0.6 is 0 Å². The molecule has 0 radical (unpaired) electrons. The molecule has 0 N–H and O–H groups in total. The molecule has 1 atom stereocenters. The fourth-order valence-corrected chi connectivity index (χ4v) is 6.25. The first kappa shape index (κ1) is 29.1. The molecule has 3 rings (SSSR count). The van der Waals surface area contributed by atoms with Crippen LogP contribution in [0, 0.1) is 17.8 Å². The molecule has 6 nitrogen and oxygen atoms in total. The van der Waals surface area contributed by atoms with Crippen molar-refractivity contribution in [3.05, 3.63) is 0 Å². The van der Waals surface area contributed by atoms with Gasteiger partial charge in [-0.05, 0) is 66.2 Å². The summed E-state index contributed by atoms with van der Waals surface area (Å²) in [5, 5.41) is 0. The molecule has 0 aromatic carbocycles. The maximum absolute atomic E-state index is 13.2. The van der Waals surface area contributed by atoms with E-state index >= 15 is 0 Å². The Kier molecular flexibility index (Phi) is 10.8. The maximum atomic E-state index is 13.2. The Bertz CT molecular complexity index is 724. The van der Waals surface area contributed by atoms with Gasteiger partial charge in [0.2, 0.25) is 0 Å². The molecule has 0 aliphatic heterocycles. The molecular formula is C30H50O6. The average molecular weight is 507 g/mol. The van der Waals surface area contributed by atoms with Gasteiger partial charge in [0.15, 0.2) is 5.78 Å². The van der Waals surface area contributed by atoms with Crippen molar-refractivity contribution < 1.29 is 28.6 Å². The number of Topliss-reactive ketones (excluding diaryl/α,β-unsaturated/α-hetero) is 1. The SMILES string of the molecule is CC(C)(CC(COC(C)(C)C(=O)C1CCCCC1)OC(=O)C1CCCCC1)OC(=O)C1CCCCC1. The zero-order valence-electron chi connectivity index (χ0n) is 23.3. The van der Waals surface area contributed by atoms with E-state index in [-0.39, 0.29) is 42.1 Å². The van der Waals surface area contributed by atoms with Crippen molar-refractivity contribution in [1.82, 2.24) is 0 Å². The zero-order chi connectivity index (χ0) is 26.2. The third-order valence-electron chi connectivity index (χ3n) is 8.46. The highest BCUT2D eigenvalue weighted by Crippen LogP contribution is 2.32. The van der Waals surface area contributed by atoms with Crippen LogP contribution in [0.3, 0.4) is 0 Å². The second-order valence-corrected chi connectivity index (χ2v) is 12.6. The van der Waals surface area contributed by atoms with Crippen LogP contribution in [0.5, 0.6) is 0 Å². The zero-order valence-corrected chi connectivity index (χ0v) is 23.3. The lowest BCUT2D eigenvalue weighted by molar-refractivity contribution is -0.176. The van der Waals surface area contributed by atoms with E-state index in [0.29, 0.717) is 6.42 Å². The number of hydrogen-bond donors (Lipinski definition) is 0. The summed E-state index contributed by atoms with van der Waals surface area (Å²) in [5.74, 6) is -0.261. The minimum atomic E-state index is -0.944. The molecule has 0 amide bonds. The Hall–Kier alpha value is -1.43. The van der Waals surface area contributed by atoms with Gasteiger partial charge in [0, 0.05) is 12.3 Å². The van der Waals surface area contributed by atoms with Crippen molar-refractivity contribution in [2.24, 2.45) is 17.8 Å². The summed E-state index contributed by atoms with van der Waals surface area (Å²) < 4.78 is 18.2. The second-order valence-electron chi connectivity index (χ2n) is 12.6. The maximum Gasteiger partial charge on any atom is 0.309 e. The average Bonchev–Trinajstić information content (AvgIpc) is 2.88. The fourth-order valence-electron chi connectivity index (χ4n) is 6.25. The van der Waals surface area contributed by atoms with Crippen molar-refractivity contribution in [1.29, 1.82) is 0 Å². The van der Waals surface area contributed by atoms with Crippen LogP contribution in [0.4, 0.5) is 0 Å². The van der Waals surface area contributed by atoms with Crippen LogP contribution in [0.2, 0.25) is 0 Å². The van der Waals surface area contributed by atoms with Crippen molar-refractivity contribution in [3.8, 4) is 0 Å². The summed E-state index contributed by atoms with van der Waals surface area (Å²) in [7, 11) is 0. The van der Waals surface area contributed by atoms with Gasteiger partial charge in [0.05, 0.1) is 18.4 Å². The van der Waals surface area contributed by atoms with E-state index in [4.69, 9.17) is 14.2 Å². The topological polar surface area (TPSA) is 78.9 Å². The van der Waals surface area contributed by atoms with Crippen molar-refractivity contribution in [2.75, 3.05) is 6.61 Å². The van der Waals surface area contributed by atoms with E-state index in [1.165, 1.54) is 12.8 Å². The Balaban J connectivity index is 1.63. The fraction of sp³-hybridized carbons (Fsp3) is 0.900. The molecule has 0 saturated heterocycles. The summed E-state index contributed by atoms with van der Waals surface area (Å²) in [6.07, 6.45) is 15.1. The van der Waals surface area contributed by atoms with Gasteiger partial charge in [0.1, 0.15) is 17.3 Å². The summed E-state index contributed by atoms with van der Waals surface area (Å²) in [5.41, 5.74) is -1.74. The van der Waals surface area contributed by atoms with Gasteiger partial charge in [0.25, 0.3) is 0 Å². The molecule has 206 valence electrons. The normalized spacial score (nSPS) is 22.1. The van der Waals surface area contributed by atoms with Crippen molar-refractivity contribution >= 4 is 17.7 Å². The Morgan fingerprint density at radius 3 is 1.61 bits per heavy atom. The third-order valence-corrected chi connectivity index (χ3v) is 8.46. The Morgan fingerprint density at radius 2 is 1.11 bits per heavy atom. The van der Waals surface area contributed by atoms with E-state index < -0.39 is 17.3 Å². The lowest BCUT2D eigenvalue weighted by Gasteiger charge is -2.35. The number of esters is 2. The smallest absolute Gasteiger partial charge is 0.309 e. The molecule has 0 bridgehead atoms. The lowest BCUT2D eigenvalue weighted by atomic mass is 9.81. The van der Waals surface area contributed by atoms with E-state index in [1.807, 2.05) is 27.7 Å². The number of rotatable bonds is 11. The second kappa shape index (κ2) is 13.4. The minimum Gasteiger partial charge on any atom is -0.460 e. The molecule has 3 aliphatic carbocycles. The minimum absolute atomic E-state index is 0.0374. The highest BCUT2D eigenvalue weighted by atomic mass is 16.6. The predicted octanol–water partition coefficient (Wildman–Crippen LogP) is 6.72. The molecular weight excluding hydrogens is 456 g/mol. The van der Waals surface area contributed by atoms with Crippen molar-refractivity contribution in [3.63, 3.8) is 0 Å². The van der Waals surface area contributed by atoms with Crippen LogP contribution in [-0.2, 0) is 28.6 Å². The summed E-state index contributed by atoms with van der Waals surface area (Å²) in [4.78, 5) is 39.1. The van der Waals surface area contributed by atoms with E-state index in [0.717, 1.165) is 83.5 Å². The van der Waals surface area contributed by atoms with Crippen LogP contribution < -0.4 is 0 Å². The van der Waals surface area contributed by atoms with Crippen LogP contribution in [0.15, 0.2) is 0 Å². The van der Waals surface area contributed by atoms with Crippen molar-refractivity contribution in [2.45, 2.75) is 148 Å². The largest absolute Gasteiger partial charge is 0.460 e. The van der Waals surface area contributed by atoms with Crippen LogP contribution in [-0.4, -0.2) is 41.6 Å². The number of hydrogen-bond acceptors (Lipinski definition) is 6. The van der Waals surface area contributed by atoms with Gasteiger partial charge in [-0.3, -0.25) is 14.4 Å². The van der Waals surface area contributed by atoms with Gasteiger partial charge in [-0.15, -0.1) is 0 Å². The van der Waals surface area contributed by atoms with Crippen LogP contribution in [0.1, 0.15) is 130 Å². The molecule has 1 unspecified atom stereocenters. The number of carbonyl (C=O) groups is 3. The van der Waals surface area contributed by atoms with E-state index in [1.54, 1.807) is 0 Å². The molecule has 3 fully saturated rings. The van der Waals surface area contributed by atoms with Gasteiger partial charge in [-0.25, -0.2) is 0 Å². The van der Waals surface area contributed by atoms with Gasteiger partial charge < -0.3 is 14.2 Å². The number of ketones is 1. The number of ether oxygens (including phenoxy) is 3. The first-order valence-electron chi connectivity index (χ1n) is 14.7. The molecule has 36 heavy (non-hydrogen) atoms.